The topological polar surface area (TPSA) is 41.6 Å². The molecule has 1 amide bonds. The molecule has 3 aromatic carbocycles. The summed E-state index contributed by atoms with van der Waals surface area (Å²) >= 11 is 0. The van der Waals surface area contributed by atoms with Gasteiger partial charge in [-0.3, -0.25) is 9.69 Å². The molecular weight excluding hydrogens is 372 g/mol. The molecule has 1 aliphatic heterocycles. The lowest BCUT2D eigenvalue weighted by molar-refractivity contribution is 0.0940. The molecular formula is C26H28N2O2. The SMILES string of the molecule is COc1ccc([C@@H](C)NC(=O)c2ccc(CN3CCc4ccccc4C3)cc2)cc1. The van der Waals surface area contributed by atoms with E-state index in [1.54, 1.807) is 7.11 Å². The number of rotatable bonds is 6. The van der Waals surface area contributed by atoms with E-state index in [4.69, 9.17) is 4.74 Å². The smallest absolute Gasteiger partial charge is 0.251 e. The van der Waals surface area contributed by atoms with Gasteiger partial charge < -0.3 is 10.1 Å². The van der Waals surface area contributed by atoms with E-state index in [0.29, 0.717) is 5.56 Å². The number of carbonyl (C=O) groups is 1. The highest BCUT2D eigenvalue weighted by Crippen LogP contribution is 2.21. The third-order valence-corrected chi connectivity index (χ3v) is 5.80. The van der Waals surface area contributed by atoms with Gasteiger partial charge in [-0.2, -0.15) is 0 Å². The van der Waals surface area contributed by atoms with Crippen LogP contribution in [0.15, 0.2) is 72.8 Å². The summed E-state index contributed by atoms with van der Waals surface area (Å²) in [5, 5.41) is 3.07. The summed E-state index contributed by atoms with van der Waals surface area (Å²) in [5.41, 5.74) is 5.85. The van der Waals surface area contributed by atoms with Gasteiger partial charge in [0.25, 0.3) is 5.91 Å². The number of carbonyl (C=O) groups excluding carboxylic acids is 1. The molecule has 3 aromatic rings. The molecule has 0 saturated heterocycles. The van der Waals surface area contributed by atoms with Gasteiger partial charge in [-0.25, -0.2) is 0 Å². The molecule has 1 heterocycles. The largest absolute Gasteiger partial charge is 0.497 e. The van der Waals surface area contributed by atoms with Crippen LogP contribution in [-0.4, -0.2) is 24.5 Å². The number of benzene rings is 3. The predicted molar refractivity (Wildman–Crippen MR) is 120 cm³/mol. The van der Waals surface area contributed by atoms with Crippen LogP contribution in [0.1, 0.15) is 45.6 Å². The van der Waals surface area contributed by atoms with E-state index in [0.717, 1.165) is 37.4 Å². The van der Waals surface area contributed by atoms with Crippen molar-refractivity contribution in [1.29, 1.82) is 0 Å². The average Bonchev–Trinajstić information content (AvgIpc) is 2.79. The average molecular weight is 401 g/mol. The molecule has 1 atom stereocenters. The summed E-state index contributed by atoms with van der Waals surface area (Å²) in [4.78, 5) is 15.1. The van der Waals surface area contributed by atoms with E-state index in [2.05, 4.69) is 46.6 Å². The van der Waals surface area contributed by atoms with Crippen LogP contribution in [0.3, 0.4) is 0 Å². The Morgan fingerprint density at radius 2 is 1.70 bits per heavy atom. The highest BCUT2D eigenvalue weighted by molar-refractivity contribution is 5.94. The maximum absolute atomic E-state index is 12.6. The van der Waals surface area contributed by atoms with Gasteiger partial charge in [-0.1, -0.05) is 48.5 Å². The van der Waals surface area contributed by atoms with Crippen LogP contribution in [0.2, 0.25) is 0 Å². The van der Waals surface area contributed by atoms with Gasteiger partial charge in [0.15, 0.2) is 0 Å². The van der Waals surface area contributed by atoms with Gasteiger partial charge in [-0.15, -0.1) is 0 Å². The molecule has 4 nitrogen and oxygen atoms in total. The first-order chi connectivity index (χ1) is 14.6. The monoisotopic (exact) mass is 400 g/mol. The lowest BCUT2D eigenvalue weighted by Crippen LogP contribution is -2.30. The molecule has 0 bridgehead atoms. The summed E-state index contributed by atoms with van der Waals surface area (Å²) < 4.78 is 5.19. The van der Waals surface area contributed by atoms with Crippen molar-refractivity contribution in [1.82, 2.24) is 10.2 Å². The van der Waals surface area contributed by atoms with Crippen molar-refractivity contribution in [3.63, 3.8) is 0 Å². The van der Waals surface area contributed by atoms with Crippen molar-refractivity contribution in [2.24, 2.45) is 0 Å². The van der Waals surface area contributed by atoms with Crippen LogP contribution in [0.25, 0.3) is 0 Å². The Morgan fingerprint density at radius 1 is 1.00 bits per heavy atom. The first-order valence-electron chi connectivity index (χ1n) is 10.5. The van der Waals surface area contributed by atoms with Crippen LogP contribution in [0.4, 0.5) is 0 Å². The molecule has 0 saturated carbocycles. The zero-order valence-corrected chi connectivity index (χ0v) is 17.6. The minimum atomic E-state index is -0.0727. The number of nitrogens with one attached hydrogen (secondary N) is 1. The van der Waals surface area contributed by atoms with E-state index in [9.17, 15) is 4.79 Å². The fraction of sp³-hybridized carbons (Fsp3) is 0.269. The third kappa shape index (κ3) is 4.71. The van der Waals surface area contributed by atoms with E-state index in [1.165, 1.54) is 16.7 Å². The van der Waals surface area contributed by atoms with Gasteiger partial charge in [0, 0.05) is 25.2 Å². The summed E-state index contributed by atoms with van der Waals surface area (Å²) in [5.74, 6) is 0.752. The molecule has 0 spiro atoms. The zero-order chi connectivity index (χ0) is 20.9. The second kappa shape index (κ2) is 9.14. The van der Waals surface area contributed by atoms with Crippen molar-refractivity contribution >= 4 is 5.91 Å². The van der Waals surface area contributed by atoms with E-state index in [1.807, 2.05) is 43.3 Å². The van der Waals surface area contributed by atoms with Gasteiger partial charge in [0.05, 0.1) is 13.2 Å². The Balaban J connectivity index is 1.34. The minimum Gasteiger partial charge on any atom is -0.497 e. The molecule has 0 unspecified atom stereocenters. The number of ether oxygens (including phenoxy) is 1. The summed E-state index contributed by atoms with van der Waals surface area (Å²) in [7, 11) is 1.65. The molecule has 4 heteroatoms. The fourth-order valence-corrected chi connectivity index (χ4v) is 3.96. The van der Waals surface area contributed by atoms with Crippen molar-refractivity contribution in [3.8, 4) is 5.75 Å². The van der Waals surface area contributed by atoms with Crippen molar-refractivity contribution < 1.29 is 9.53 Å². The van der Waals surface area contributed by atoms with Crippen LogP contribution < -0.4 is 10.1 Å². The second-order valence-electron chi connectivity index (χ2n) is 7.89. The minimum absolute atomic E-state index is 0.0585. The van der Waals surface area contributed by atoms with E-state index >= 15 is 0 Å². The van der Waals surface area contributed by atoms with Crippen LogP contribution in [0, 0.1) is 0 Å². The van der Waals surface area contributed by atoms with Crippen molar-refractivity contribution in [3.05, 3.63) is 101 Å². The number of methoxy groups -OCH3 is 1. The predicted octanol–water partition coefficient (Wildman–Crippen LogP) is 4.74. The normalized spacial score (nSPS) is 14.6. The maximum atomic E-state index is 12.6. The summed E-state index contributed by atoms with van der Waals surface area (Å²) in [6, 6.07) is 24.3. The lowest BCUT2D eigenvalue weighted by atomic mass is 9.99. The molecule has 0 aliphatic carbocycles. The molecule has 154 valence electrons. The Bertz CT molecular complexity index is 996. The lowest BCUT2D eigenvalue weighted by Gasteiger charge is -2.28. The molecule has 4 rings (SSSR count). The standard InChI is InChI=1S/C26H28N2O2/c1-19(21-11-13-25(30-2)14-12-21)27-26(29)23-9-7-20(8-10-23)17-28-16-15-22-5-3-4-6-24(22)18-28/h3-14,19H,15-18H2,1-2H3,(H,27,29)/t19-/m1/s1. The second-order valence-corrected chi connectivity index (χ2v) is 7.89. The summed E-state index contributed by atoms with van der Waals surface area (Å²) in [6.07, 6.45) is 1.10. The first kappa shape index (κ1) is 20.2. The third-order valence-electron chi connectivity index (χ3n) is 5.80. The molecule has 30 heavy (non-hydrogen) atoms. The first-order valence-corrected chi connectivity index (χ1v) is 10.5. The molecule has 0 radical (unpaired) electrons. The number of nitrogens with zero attached hydrogens (tertiary/aromatic N) is 1. The maximum Gasteiger partial charge on any atom is 0.251 e. The highest BCUT2D eigenvalue weighted by atomic mass is 16.5. The Hall–Kier alpha value is -3.11. The van der Waals surface area contributed by atoms with Gasteiger partial charge in [0.1, 0.15) is 5.75 Å². The van der Waals surface area contributed by atoms with Crippen LogP contribution >= 0.6 is 0 Å². The number of amides is 1. The molecule has 1 aliphatic rings. The number of hydrogen-bond donors (Lipinski definition) is 1. The van der Waals surface area contributed by atoms with Gasteiger partial charge in [0.2, 0.25) is 0 Å². The molecule has 1 N–H and O–H groups in total. The quantitative estimate of drug-likeness (QED) is 0.650. The highest BCUT2D eigenvalue weighted by Gasteiger charge is 2.16. The fourth-order valence-electron chi connectivity index (χ4n) is 3.96. The van der Waals surface area contributed by atoms with Crippen molar-refractivity contribution in [2.45, 2.75) is 32.5 Å². The summed E-state index contributed by atoms with van der Waals surface area (Å²) in [6.45, 7) is 4.94. The molecule has 0 aromatic heterocycles. The Labute approximate surface area is 178 Å². The zero-order valence-electron chi connectivity index (χ0n) is 17.6. The van der Waals surface area contributed by atoms with E-state index in [-0.39, 0.29) is 11.9 Å². The van der Waals surface area contributed by atoms with Crippen LogP contribution in [0.5, 0.6) is 5.75 Å². The van der Waals surface area contributed by atoms with E-state index < -0.39 is 0 Å². The van der Waals surface area contributed by atoms with Crippen molar-refractivity contribution in [2.75, 3.05) is 13.7 Å². The number of fused-ring (bicyclic) bond motifs is 1. The Morgan fingerprint density at radius 3 is 2.40 bits per heavy atom. The molecule has 0 fully saturated rings. The van der Waals surface area contributed by atoms with Gasteiger partial charge in [-0.05, 0) is 59.9 Å². The van der Waals surface area contributed by atoms with Gasteiger partial charge >= 0.3 is 0 Å². The number of hydrogen-bond acceptors (Lipinski definition) is 3. The van der Waals surface area contributed by atoms with Crippen LogP contribution in [-0.2, 0) is 19.5 Å². The Kier molecular flexibility index (Phi) is 6.15.